The largest absolute Gasteiger partial charge is 0.493 e. The highest BCUT2D eigenvalue weighted by atomic mass is 32.2. The standard InChI is InChI=1S/C25H23F5N4O3S/c26-17-3-1-15(2-4-17)21-11-16(25(28,29)30)6-9-34(21)20-7-10-37-22-13-23(19(27)12-18(20)22)38(35,36)33-24-5-8-31-14-32-24/h1-5,8,12-14,16,20-21H,6-7,9-11H2,(H,31,32,33)/t16-,20?,21+/m1/s1. The van der Waals surface area contributed by atoms with Gasteiger partial charge in [0.25, 0.3) is 10.0 Å². The number of ether oxygens (including phenoxy) is 1. The van der Waals surface area contributed by atoms with E-state index in [9.17, 15) is 26.0 Å². The number of fused-ring (bicyclic) bond motifs is 1. The number of piperidine rings is 1. The smallest absolute Gasteiger partial charge is 0.391 e. The topological polar surface area (TPSA) is 84.4 Å². The van der Waals surface area contributed by atoms with Gasteiger partial charge in [0.05, 0.1) is 12.5 Å². The zero-order valence-corrected chi connectivity index (χ0v) is 20.6. The summed E-state index contributed by atoms with van der Waals surface area (Å²) in [5, 5.41) is 0. The van der Waals surface area contributed by atoms with E-state index < -0.39 is 50.7 Å². The molecule has 0 amide bonds. The Hall–Kier alpha value is -3.32. The highest BCUT2D eigenvalue weighted by molar-refractivity contribution is 7.92. The molecule has 0 bridgehead atoms. The summed E-state index contributed by atoms with van der Waals surface area (Å²) in [5.74, 6) is -3.01. The van der Waals surface area contributed by atoms with Gasteiger partial charge < -0.3 is 4.74 Å². The van der Waals surface area contributed by atoms with Crippen molar-refractivity contribution in [2.45, 2.75) is 42.4 Å². The summed E-state index contributed by atoms with van der Waals surface area (Å²) in [5.41, 5.74) is 0.856. The van der Waals surface area contributed by atoms with Crippen molar-refractivity contribution in [3.63, 3.8) is 0 Å². The second kappa shape index (κ2) is 10.1. The predicted octanol–water partition coefficient (Wildman–Crippen LogP) is 5.39. The fourth-order valence-corrected chi connectivity index (χ4v) is 6.22. The maximum absolute atomic E-state index is 15.3. The number of nitrogens with zero attached hydrogens (tertiary/aromatic N) is 3. The maximum Gasteiger partial charge on any atom is 0.391 e. The highest BCUT2D eigenvalue weighted by Gasteiger charge is 2.46. The molecule has 3 heterocycles. The van der Waals surface area contributed by atoms with Crippen molar-refractivity contribution in [1.29, 1.82) is 0 Å². The van der Waals surface area contributed by atoms with Crippen LogP contribution in [0.25, 0.3) is 0 Å². The molecular weight excluding hydrogens is 531 g/mol. The van der Waals surface area contributed by atoms with E-state index in [1.807, 2.05) is 4.90 Å². The molecule has 2 aliphatic heterocycles. The van der Waals surface area contributed by atoms with Gasteiger partial charge in [0, 0.05) is 36.3 Å². The number of aromatic nitrogens is 2. The van der Waals surface area contributed by atoms with Crippen LogP contribution >= 0.6 is 0 Å². The average Bonchev–Trinajstić information content (AvgIpc) is 2.88. The van der Waals surface area contributed by atoms with Gasteiger partial charge >= 0.3 is 6.18 Å². The number of nitrogens with one attached hydrogen (secondary N) is 1. The maximum atomic E-state index is 15.3. The number of anilines is 1. The van der Waals surface area contributed by atoms with Crippen LogP contribution in [-0.4, -0.2) is 42.6 Å². The molecule has 2 aliphatic rings. The van der Waals surface area contributed by atoms with Crippen LogP contribution < -0.4 is 9.46 Å². The summed E-state index contributed by atoms with van der Waals surface area (Å²) in [7, 11) is -4.37. The van der Waals surface area contributed by atoms with Crippen LogP contribution in [0.3, 0.4) is 0 Å². The van der Waals surface area contributed by atoms with E-state index in [4.69, 9.17) is 4.74 Å². The Morgan fingerprint density at radius 2 is 1.79 bits per heavy atom. The van der Waals surface area contributed by atoms with Crippen LogP contribution in [0, 0.1) is 17.6 Å². The quantitative estimate of drug-likeness (QED) is 0.426. The first kappa shape index (κ1) is 26.3. The summed E-state index contributed by atoms with van der Waals surface area (Å²) >= 11 is 0. The zero-order valence-electron chi connectivity index (χ0n) is 19.8. The highest BCUT2D eigenvalue weighted by Crippen LogP contribution is 2.48. The summed E-state index contributed by atoms with van der Waals surface area (Å²) in [6, 6.07) is 7.51. The van der Waals surface area contributed by atoms with E-state index in [1.165, 1.54) is 36.5 Å². The molecule has 38 heavy (non-hydrogen) atoms. The lowest BCUT2D eigenvalue weighted by molar-refractivity contribution is -0.192. The third-order valence-electron chi connectivity index (χ3n) is 6.94. The zero-order chi connectivity index (χ0) is 27.1. The number of likely N-dealkylation sites (tertiary alicyclic amines) is 1. The Morgan fingerprint density at radius 1 is 1.03 bits per heavy atom. The van der Waals surface area contributed by atoms with Crippen LogP contribution in [0.15, 0.2) is 59.9 Å². The monoisotopic (exact) mass is 554 g/mol. The number of hydrogen-bond donors (Lipinski definition) is 1. The molecule has 3 aromatic rings. The van der Waals surface area contributed by atoms with Gasteiger partial charge in [-0.3, -0.25) is 9.62 Å². The summed E-state index contributed by atoms with van der Waals surface area (Å²) in [4.78, 5) is 8.68. The van der Waals surface area contributed by atoms with Crippen molar-refractivity contribution in [2.24, 2.45) is 5.92 Å². The molecule has 0 saturated carbocycles. The SMILES string of the molecule is O=S(=O)(Nc1ccncn1)c1cc2c(cc1F)C(N1CC[C@@H](C(F)(F)F)C[C@H]1c1ccc(F)cc1)CCO2. The minimum atomic E-state index is -4.38. The van der Waals surface area contributed by atoms with Crippen LogP contribution in [0.4, 0.5) is 27.8 Å². The lowest BCUT2D eigenvalue weighted by Gasteiger charge is -2.46. The number of halogens is 5. The summed E-state index contributed by atoms with van der Waals surface area (Å²) in [6.07, 6.45) is -1.96. The third kappa shape index (κ3) is 5.30. The Morgan fingerprint density at radius 3 is 2.47 bits per heavy atom. The van der Waals surface area contributed by atoms with Crippen LogP contribution in [0.1, 0.15) is 42.5 Å². The molecule has 1 saturated heterocycles. The Kier molecular flexibility index (Phi) is 6.99. The molecule has 202 valence electrons. The van der Waals surface area contributed by atoms with Crippen LogP contribution in [0.5, 0.6) is 5.75 Å². The Bertz CT molecular complexity index is 1400. The van der Waals surface area contributed by atoms with E-state index in [0.29, 0.717) is 17.5 Å². The number of alkyl halides is 3. The molecule has 2 aromatic carbocycles. The molecule has 1 N–H and O–H groups in total. The minimum Gasteiger partial charge on any atom is -0.493 e. The third-order valence-corrected chi connectivity index (χ3v) is 8.31. The van der Waals surface area contributed by atoms with Gasteiger partial charge in [0.2, 0.25) is 0 Å². The van der Waals surface area contributed by atoms with Gasteiger partial charge in [-0.25, -0.2) is 27.2 Å². The molecule has 7 nitrogen and oxygen atoms in total. The number of rotatable bonds is 5. The van der Waals surface area contributed by atoms with Gasteiger partial charge in [-0.05, 0) is 49.2 Å². The van der Waals surface area contributed by atoms with E-state index in [2.05, 4.69) is 14.7 Å². The van der Waals surface area contributed by atoms with Crippen molar-refractivity contribution >= 4 is 15.8 Å². The first-order valence-electron chi connectivity index (χ1n) is 11.9. The van der Waals surface area contributed by atoms with E-state index in [0.717, 1.165) is 18.5 Å². The van der Waals surface area contributed by atoms with Gasteiger partial charge in [-0.2, -0.15) is 13.2 Å². The van der Waals surface area contributed by atoms with Gasteiger partial charge in [0.1, 0.15) is 34.4 Å². The van der Waals surface area contributed by atoms with Crippen molar-refractivity contribution in [1.82, 2.24) is 14.9 Å². The first-order valence-corrected chi connectivity index (χ1v) is 13.3. The summed E-state index contributed by atoms with van der Waals surface area (Å²) in [6.45, 7) is 0.213. The molecule has 0 radical (unpaired) electrons. The van der Waals surface area contributed by atoms with E-state index >= 15 is 4.39 Å². The van der Waals surface area contributed by atoms with Crippen molar-refractivity contribution in [2.75, 3.05) is 17.9 Å². The molecule has 1 fully saturated rings. The number of hydrogen-bond acceptors (Lipinski definition) is 6. The number of benzene rings is 2. The van der Waals surface area contributed by atoms with Gasteiger partial charge in [-0.15, -0.1) is 0 Å². The number of sulfonamides is 1. The van der Waals surface area contributed by atoms with Crippen LogP contribution in [-0.2, 0) is 10.0 Å². The fraction of sp³-hybridized carbons (Fsp3) is 0.360. The van der Waals surface area contributed by atoms with E-state index in [-0.39, 0.29) is 37.6 Å². The second-order valence-corrected chi connectivity index (χ2v) is 10.9. The van der Waals surface area contributed by atoms with Gasteiger partial charge in [-0.1, -0.05) is 12.1 Å². The van der Waals surface area contributed by atoms with E-state index in [1.54, 1.807) is 0 Å². The average molecular weight is 555 g/mol. The van der Waals surface area contributed by atoms with Gasteiger partial charge in [0.15, 0.2) is 0 Å². The molecule has 5 rings (SSSR count). The predicted molar refractivity (Wildman–Crippen MR) is 127 cm³/mol. The normalized spacial score (nSPS) is 22.4. The lowest BCUT2D eigenvalue weighted by Crippen LogP contribution is -2.44. The Labute approximate surface area is 215 Å². The molecule has 1 aromatic heterocycles. The molecular formula is C25H23F5N4O3S. The molecule has 3 atom stereocenters. The van der Waals surface area contributed by atoms with Crippen molar-refractivity contribution in [3.8, 4) is 5.75 Å². The summed E-state index contributed by atoms with van der Waals surface area (Å²) < 4.78 is 103. The van der Waals surface area contributed by atoms with Crippen LogP contribution in [0.2, 0.25) is 0 Å². The first-order chi connectivity index (χ1) is 18.0. The van der Waals surface area contributed by atoms with Crippen molar-refractivity contribution in [3.05, 3.63) is 77.8 Å². The molecule has 0 aliphatic carbocycles. The second-order valence-electron chi connectivity index (χ2n) is 9.24. The Balaban J connectivity index is 1.49. The molecule has 13 heteroatoms. The lowest BCUT2D eigenvalue weighted by atomic mass is 9.84. The molecule has 1 unspecified atom stereocenters. The fourth-order valence-electron chi connectivity index (χ4n) is 5.13. The molecule has 0 spiro atoms. The minimum absolute atomic E-state index is 0.0504. The van der Waals surface area contributed by atoms with Crippen molar-refractivity contribution < 1.29 is 35.1 Å².